The topological polar surface area (TPSA) is 83.8 Å². The Bertz CT molecular complexity index is 1160. The maximum absolute atomic E-state index is 13.2. The second kappa shape index (κ2) is 8.14. The molecule has 0 saturated heterocycles. The molecule has 2 aliphatic heterocycles. The molecule has 8 nitrogen and oxygen atoms in total. The van der Waals surface area contributed by atoms with Gasteiger partial charge in [-0.3, -0.25) is 9.48 Å². The van der Waals surface area contributed by atoms with Crippen LogP contribution >= 0.6 is 15.9 Å². The number of carbonyl (C=O) groups is 1. The molecule has 9 heteroatoms. The lowest BCUT2D eigenvalue weighted by molar-refractivity contribution is 0.102. The fourth-order valence-corrected chi connectivity index (χ4v) is 3.95. The molecule has 5 rings (SSSR count). The number of ether oxygens (including phenoxy) is 4. The highest BCUT2D eigenvalue weighted by Crippen LogP contribution is 2.39. The Labute approximate surface area is 187 Å². The average Bonchev–Trinajstić information content (AvgIpc) is 3.01. The SMILES string of the molecule is Cn1cc(C(=O)Nc2cc3c(cc2Br)OCCO3)c(-c2ccc3c(c2)OCCCO3)n1. The Morgan fingerprint density at radius 3 is 2.45 bits per heavy atom. The van der Waals surface area contributed by atoms with Crippen molar-refractivity contribution in [2.45, 2.75) is 6.42 Å². The van der Waals surface area contributed by atoms with E-state index in [1.165, 1.54) is 0 Å². The molecule has 0 atom stereocenters. The van der Waals surface area contributed by atoms with E-state index >= 15 is 0 Å². The number of anilines is 1. The van der Waals surface area contributed by atoms with Gasteiger partial charge < -0.3 is 24.3 Å². The molecule has 0 spiro atoms. The Balaban J connectivity index is 1.46. The van der Waals surface area contributed by atoms with Crippen LogP contribution in [0.25, 0.3) is 11.3 Å². The van der Waals surface area contributed by atoms with Crippen LogP contribution < -0.4 is 24.3 Å². The van der Waals surface area contributed by atoms with Gasteiger partial charge >= 0.3 is 0 Å². The molecule has 0 aliphatic carbocycles. The summed E-state index contributed by atoms with van der Waals surface area (Å²) in [6, 6.07) is 9.13. The number of nitrogens with zero attached hydrogens (tertiary/aromatic N) is 2. The fraction of sp³-hybridized carbons (Fsp3) is 0.273. The lowest BCUT2D eigenvalue weighted by Gasteiger charge is -2.20. The highest BCUT2D eigenvalue weighted by molar-refractivity contribution is 9.10. The van der Waals surface area contributed by atoms with Crippen molar-refractivity contribution in [3.05, 3.63) is 46.6 Å². The van der Waals surface area contributed by atoms with E-state index in [1.807, 2.05) is 18.2 Å². The average molecular weight is 486 g/mol. The predicted octanol–water partition coefficient (Wildman–Crippen LogP) is 4.03. The normalized spacial score (nSPS) is 14.6. The molecule has 3 heterocycles. The van der Waals surface area contributed by atoms with Gasteiger partial charge in [0.15, 0.2) is 23.0 Å². The summed E-state index contributed by atoms with van der Waals surface area (Å²) in [5, 5.41) is 7.45. The first-order valence-corrected chi connectivity index (χ1v) is 10.7. The standard InChI is InChI=1S/C22H20BrN3O5/c1-26-12-14(21(25-26)13-3-4-17-18(9-13)29-6-2-5-28-17)22(27)24-16-11-20-19(10-15(16)23)30-7-8-31-20/h3-4,9-12H,2,5-8H2,1H3,(H,24,27). The van der Waals surface area contributed by atoms with Gasteiger partial charge in [-0.25, -0.2) is 0 Å². The quantitative estimate of drug-likeness (QED) is 0.602. The third-order valence-electron chi connectivity index (χ3n) is 4.97. The van der Waals surface area contributed by atoms with Gasteiger partial charge in [0.25, 0.3) is 5.91 Å². The molecule has 1 aromatic heterocycles. The molecule has 1 N–H and O–H groups in total. The molecule has 0 bridgehead atoms. The Kier molecular flexibility index (Phi) is 5.19. The number of hydrogen-bond acceptors (Lipinski definition) is 6. The number of fused-ring (bicyclic) bond motifs is 2. The van der Waals surface area contributed by atoms with Gasteiger partial charge in [-0.1, -0.05) is 0 Å². The van der Waals surface area contributed by atoms with Gasteiger partial charge in [-0.15, -0.1) is 0 Å². The second-order valence-electron chi connectivity index (χ2n) is 7.21. The van der Waals surface area contributed by atoms with Crippen LogP contribution in [0.2, 0.25) is 0 Å². The Morgan fingerprint density at radius 1 is 0.968 bits per heavy atom. The summed E-state index contributed by atoms with van der Waals surface area (Å²) in [5.41, 5.74) is 2.36. The van der Waals surface area contributed by atoms with Crippen LogP contribution in [-0.2, 0) is 7.05 Å². The predicted molar refractivity (Wildman–Crippen MR) is 117 cm³/mol. The summed E-state index contributed by atoms with van der Waals surface area (Å²) < 4.78 is 25.0. The lowest BCUT2D eigenvalue weighted by Crippen LogP contribution is -2.17. The largest absolute Gasteiger partial charge is 0.490 e. The van der Waals surface area contributed by atoms with Crippen molar-refractivity contribution < 1.29 is 23.7 Å². The van der Waals surface area contributed by atoms with Gasteiger partial charge in [0.1, 0.15) is 18.9 Å². The Hall–Kier alpha value is -3.20. The molecule has 2 aliphatic rings. The van der Waals surface area contributed by atoms with Crippen molar-refractivity contribution in [3.8, 4) is 34.3 Å². The number of halogens is 1. The summed E-state index contributed by atoms with van der Waals surface area (Å²) in [7, 11) is 1.78. The van der Waals surface area contributed by atoms with Crippen molar-refractivity contribution in [2.24, 2.45) is 7.05 Å². The number of aryl methyl sites for hydroxylation is 1. The summed E-state index contributed by atoms with van der Waals surface area (Å²) in [4.78, 5) is 13.2. The first kappa shape index (κ1) is 19.7. The van der Waals surface area contributed by atoms with Crippen molar-refractivity contribution in [1.82, 2.24) is 9.78 Å². The molecule has 0 unspecified atom stereocenters. The number of benzene rings is 2. The zero-order valence-electron chi connectivity index (χ0n) is 16.8. The maximum Gasteiger partial charge on any atom is 0.259 e. The van der Waals surface area contributed by atoms with Crippen LogP contribution in [0.1, 0.15) is 16.8 Å². The van der Waals surface area contributed by atoms with E-state index < -0.39 is 0 Å². The maximum atomic E-state index is 13.2. The number of rotatable bonds is 3. The van der Waals surface area contributed by atoms with E-state index in [-0.39, 0.29) is 5.91 Å². The van der Waals surface area contributed by atoms with Crippen LogP contribution in [0.5, 0.6) is 23.0 Å². The molecule has 0 radical (unpaired) electrons. The minimum absolute atomic E-state index is 0.285. The number of hydrogen-bond donors (Lipinski definition) is 1. The fourth-order valence-electron chi connectivity index (χ4n) is 3.53. The van der Waals surface area contributed by atoms with Gasteiger partial charge in [-0.05, 0) is 34.1 Å². The summed E-state index contributed by atoms with van der Waals surface area (Å²) in [6.07, 6.45) is 2.52. The summed E-state index contributed by atoms with van der Waals surface area (Å²) in [6.45, 7) is 2.18. The first-order chi connectivity index (χ1) is 15.1. The van der Waals surface area contributed by atoms with E-state index in [4.69, 9.17) is 18.9 Å². The smallest absolute Gasteiger partial charge is 0.259 e. The molecular formula is C22H20BrN3O5. The van der Waals surface area contributed by atoms with Crippen LogP contribution in [0.4, 0.5) is 5.69 Å². The molecule has 0 fully saturated rings. The zero-order chi connectivity index (χ0) is 21.4. The Morgan fingerprint density at radius 2 is 1.65 bits per heavy atom. The molecule has 31 heavy (non-hydrogen) atoms. The molecule has 2 aromatic carbocycles. The number of carbonyl (C=O) groups excluding carboxylic acids is 1. The highest BCUT2D eigenvalue weighted by Gasteiger charge is 2.22. The van der Waals surface area contributed by atoms with Gasteiger partial charge in [-0.2, -0.15) is 5.10 Å². The van der Waals surface area contributed by atoms with Crippen LogP contribution in [0.3, 0.4) is 0 Å². The number of amides is 1. The third kappa shape index (κ3) is 3.93. The highest BCUT2D eigenvalue weighted by atomic mass is 79.9. The number of nitrogens with one attached hydrogen (secondary N) is 1. The third-order valence-corrected chi connectivity index (χ3v) is 5.63. The van der Waals surface area contributed by atoms with Crippen molar-refractivity contribution in [1.29, 1.82) is 0 Å². The molecule has 3 aromatic rings. The minimum Gasteiger partial charge on any atom is -0.490 e. The zero-order valence-corrected chi connectivity index (χ0v) is 18.4. The van der Waals surface area contributed by atoms with Crippen molar-refractivity contribution in [3.63, 3.8) is 0 Å². The molecular weight excluding hydrogens is 466 g/mol. The first-order valence-electron chi connectivity index (χ1n) is 9.92. The van der Waals surface area contributed by atoms with E-state index in [9.17, 15) is 4.79 Å². The van der Waals surface area contributed by atoms with E-state index in [1.54, 1.807) is 30.1 Å². The van der Waals surface area contributed by atoms with Crippen LogP contribution in [0.15, 0.2) is 41.0 Å². The number of aromatic nitrogens is 2. The van der Waals surface area contributed by atoms with E-state index in [2.05, 4.69) is 26.3 Å². The van der Waals surface area contributed by atoms with E-state index in [0.29, 0.717) is 70.8 Å². The summed E-state index contributed by atoms with van der Waals surface area (Å²) in [5.74, 6) is 2.31. The lowest BCUT2D eigenvalue weighted by atomic mass is 10.1. The monoisotopic (exact) mass is 485 g/mol. The van der Waals surface area contributed by atoms with Gasteiger partial charge in [0.05, 0.1) is 24.5 Å². The minimum atomic E-state index is -0.285. The molecule has 160 valence electrons. The molecule has 0 saturated carbocycles. The van der Waals surface area contributed by atoms with Gasteiger partial charge in [0, 0.05) is 41.8 Å². The van der Waals surface area contributed by atoms with Gasteiger partial charge in [0.2, 0.25) is 0 Å². The van der Waals surface area contributed by atoms with Crippen molar-refractivity contribution >= 4 is 27.5 Å². The van der Waals surface area contributed by atoms with E-state index in [0.717, 1.165) is 12.0 Å². The van der Waals surface area contributed by atoms with Crippen LogP contribution in [0, 0.1) is 0 Å². The molecule has 1 amide bonds. The van der Waals surface area contributed by atoms with Crippen molar-refractivity contribution in [2.75, 3.05) is 31.7 Å². The van der Waals surface area contributed by atoms with Crippen LogP contribution in [-0.4, -0.2) is 42.1 Å². The summed E-state index contributed by atoms with van der Waals surface area (Å²) >= 11 is 3.49. The second-order valence-corrected chi connectivity index (χ2v) is 8.06.